The number of anilines is 2. The van der Waals surface area contributed by atoms with E-state index < -0.39 is 0 Å². The molecule has 2 aliphatic heterocycles. The van der Waals surface area contributed by atoms with Crippen LogP contribution in [-0.2, 0) is 27.4 Å². The normalized spacial score (nSPS) is 15.8. The summed E-state index contributed by atoms with van der Waals surface area (Å²) in [6.45, 7) is 8.70. The minimum atomic E-state index is -0.303. The summed E-state index contributed by atoms with van der Waals surface area (Å²) in [6.07, 6.45) is 10.1. The van der Waals surface area contributed by atoms with Crippen molar-refractivity contribution < 1.29 is 23.4 Å². The van der Waals surface area contributed by atoms with E-state index in [4.69, 9.17) is 18.6 Å². The van der Waals surface area contributed by atoms with Crippen LogP contribution >= 0.6 is 0 Å². The number of hydrogen-bond donors (Lipinski definition) is 1. The van der Waals surface area contributed by atoms with Gasteiger partial charge in [-0.15, -0.1) is 0 Å². The molecule has 3 aromatic carbocycles. The summed E-state index contributed by atoms with van der Waals surface area (Å²) >= 11 is 0. The fourth-order valence-electron chi connectivity index (χ4n) is 6.51. The number of fused-ring (bicyclic) bond motifs is 1. The molecule has 1 saturated heterocycles. The molecule has 0 spiro atoms. The van der Waals surface area contributed by atoms with Crippen LogP contribution in [0.1, 0.15) is 62.6 Å². The molecule has 4 aromatic rings. The number of rotatable bonds is 14. The zero-order valence-corrected chi connectivity index (χ0v) is 29.0. The Hall–Kier alpha value is -4.37. The van der Waals surface area contributed by atoms with Gasteiger partial charge in [-0.3, -0.25) is 9.69 Å². The van der Waals surface area contributed by atoms with Crippen LogP contribution in [0.15, 0.2) is 95.3 Å². The molecule has 1 amide bonds. The number of nitrogens with zero attached hydrogens (tertiary/aromatic N) is 2. The Kier molecular flexibility index (Phi) is 11.8. The second kappa shape index (κ2) is 16.8. The lowest BCUT2D eigenvalue weighted by atomic mass is 10.00. The first-order chi connectivity index (χ1) is 23.9. The molecule has 258 valence electrons. The molecule has 8 nitrogen and oxygen atoms in total. The SMILES string of the molecule is CCCCOC(C)Oc1ccc(-c2ccc3c(c2)C=C(C(=O)Nc2ccc(CN(C)C4CCOCC4)cc2)CCN3Cc2ccoc2)cc1. The summed E-state index contributed by atoms with van der Waals surface area (Å²) in [6, 6.07) is 25.3. The van der Waals surface area contributed by atoms with Crippen LogP contribution in [0.4, 0.5) is 11.4 Å². The van der Waals surface area contributed by atoms with Crippen molar-refractivity contribution in [2.45, 2.75) is 71.4 Å². The van der Waals surface area contributed by atoms with Crippen molar-refractivity contribution in [1.82, 2.24) is 4.90 Å². The van der Waals surface area contributed by atoms with Gasteiger partial charge in [0.25, 0.3) is 5.91 Å². The van der Waals surface area contributed by atoms with E-state index in [2.05, 4.69) is 71.6 Å². The molecule has 49 heavy (non-hydrogen) atoms. The number of nitrogens with one attached hydrogen (secondary N) is 1. The summed E-state index contributed by atoms with van der Waals surface area (Å²) in [4.78, 5) is 18.5. The van der Waals surface area contributed by atoms with Crippen molar-refractivity contribution >= 4 is 23.4 Å². The third-order valence-corrected chi connectivity index (χ3v) is 9.39. The molecule has 1 N–H and O–H groups in total. The smallest absolute Gasteiger partial charge is 0.251 e. The molecule has 6 rings (SSSR count). The molecular formula is C41H49N3O5. The number of furan rings is 1. The Morgan fingerprint density at radius 1 is 1.00 bits per heavy atom. The van der Waals surface area contributed by atoms with E-state index in [1.54, 1.807) is 12.5 Å². The number of unbranched alkanes of at least 4 members (excludes halogenated alkanes) is 1. The Morgan fingerprint density at radius 3 is 2.51 bits per heavy atom. The second-order valence-electron chi connectivity index (χ2n) is 13.1. The fourth-order valence-corrected chi connectivity index (χ4v) is 6.51. The zero-order valence-electron chi connectivity index (χ0n) is 29.0. The fraction of sp³-hybridized carbons (Fsp3) is 0.390. The highest BCUT2D eigenvalue weighted by Crippen LogP contribution is 2.34. The van der Waals surface area contributed by atoms with E-state index in [1.807, 2.05) is 43.3 Å². The summed E-state index contributed by atoms with van der Waals surface area (Å²) in [7, 11) is 2.18. The van der Waals surface area contributed by atoms with E-state index in [0.29, 0.717) is 32.2 Å². The van der Waals surface area contributed by atoms with Gasteiger partial charge in [-0.25, -0.2) is 0 Å². The second-order valence-corrected chi connectivity index (χ2v) is 13.1. The summed E-state index contributed by atoms with van der Waals surface area (Å²) < 4.78 is 22.6. The van der Waals surface area contributed by atoms with Gasteiger partial charge < -0.3 is 28.8 Å². The summed E-state index contributed by atoms with van der Waals surface area (Å²) in [5, 5.41) is 3.16. The molecule has 0 bridgehead atoms. The van der Waals surface area contributed by atoms with Crippen LogP contribution in [0.5, 0.6) is 5.75 Å². The number of hydrogen-bond acceptors (Lipinski definition) is 7. The topological polar surface area (TPSA) is 76.4 Å². The van der Waals surface area contributed by atoms with Crippen molar-refractivity contribution in [3.8, 4) is 16.9 Å². The maximum atomic E-state index is 13.7. The predicted molar refractivity (Wildman–Crippen MR) is 196 cm³/mol. The number of carbonyl (C=O) groups is 1. The standard InChI is InChI=1S/C41H49N3O5/c1-4-5-21-48-30(2)49-39-13-8-33(9-14-39)34-10-15-40-36(25-34)26-35(16-20-44(40)28-32-17-22-47-29-32)41(45)42-37-11-6-31(7-12-37)27-43(3)38-18-23-46-24-19-38/h6-15,17,22,25-26,29-30,38H,4-5,16,18-21,23-24,27-28H2,1-3H3,(H,42,45). The lowest BCUT2D eigenvalue weighted by Gasteiger charge is -2.31. The molecule has 0 radical (unpaired) electrons. The van der Waals surface area contributed by atoms with Gasteiger partial charge in [0.05, 0.1) is 19.1 Å². The van der Waals surface area contributed by atoms with Crippen molar-refractivity contribution in [3.05, 3.63) is 108 Å². The minimum absolute atomic E-state index is 0.0784. The minimum Gasteiger partial charge on any atom is -0.472 e. The molecule has 1 atom stereocenters. The molecule has 1 aromatic heterocycles. The van der Waals surface area contributed by atoms with Crippen molar-refractivity contribution in [3.63, 3.8) is 0 Å². The van der Waals surface area contributed by atoms with Gasteiger partial charge in [-0.05, 0) is 110 Å². The first-order valence-corrected chi connectivity index (χ1v) is 17.6. The number of ether oxygens (including phenoxy) is 3. The maximum absolute atomic E-state index is 13.7. The van der Waals surface area contributed by atoms with Gasteiger partial charge in [0.2, 0.25) is 0 Å². The van der Waals surface area contributed by atoms with E-state index >= 15 is 0 Å². The predicted octanol–water partition coefficient (Wildman–Crippen LogP) is 8.53. The van der Waals surface area contributed by atoms with Crippen molar-refractivity contribution in [1.29, 1.82) is 0 Å². The van der Waals surface area contributed by atoms with Crippen molar-refractivity contribution in [2.75, 3.05) is 43.6 Å². The monoisotopic (exact) mass is 663 g/mol. The number of amides is 1. The Bertz CT molecular complexity index is 1660. The van der Waals surface area contributed by atoms with Gasteiger partial charge in [-0.2, -0.15) is 0 Å². The highest BCUT2D eigenvalue weighted by atomic mass is 16.7. The summed E-state index contributed by atoms with van der Waals surface area (Å²) in [5.41, 5.74) is 8.10. The quantitative estimate of drug-likeness (QED) is 0.107. The average Bonchev–Trinajstić information content (AvgIpc) is 3.57. The lowest BCUT2D eigenvalue weighted by Crippen LogP contribution is -2.36. The Morgan fingerprint density at radius 2 is 1.78 bits per heavy atom. The maximum Gasteiger partial charge on any atom is 0.251 e. The van der Waals surface area contributed by atoms with Gasteiger partial charge >= 0.3 is 0 Å². The van der Waals surface area contributed by atoms with E-state index in [-0.39, 0.29) is 12.2 Å². The largest absolute Gasteiger partial charge is 0.472 e. The molecule has 0 saturated carbocycles. The summed E-state index contributed by atoms with van der Waals surface area (Å²) in [5.74, 6) is 0.692. The van der Waals surface area contributed by atoms with Crippen LogP contribution < -0.4 is 15.0 Å². The van der Waals surface area contributed by atoms with E-state index in [9.17, 15) is 4.79 Å². The third-order valence-electron chi connectivity index (χ3n) is 9.39. The molecule has 1 fully saturated rings. The Labute approximate surface area is 290 Å². The van der Waals surface area contributed by atoms with Crippen LogP contribution in [0.25, 0.3) is 17.2 Å². The first-order valence-electron chi connectivity index (χ1n) is 17.6. The lowest BCUT2D eigenvalue weighted by molar-refractivity contribution is -0.112. The first kappa shape index (κ1) is 34.5. The van der Waals surface area contributed by atoms with E-state index in [0.717, 1.165) is 90.4 Å². The highest BCUT2D eigenvalue weighted by Gasteiger charge is 2.22. The molecule has 1 unspecified atom stereocenters. The molecular weight excluding hydrogens is 614 g/mol. The molecule has 8 heteroatoms. The molecule has 3 heterocycles. The van der Waals surface area contributed by atoms with Crippen molar-refractivity contribution in [2.24, 2.45) is 0 Å². The van der Waals surface area contributed by atoms with Gasteiger partial charge in [0.1, 0.15) is 5.75 Å². The van der Waals surface area contributed by atoms with Gasteiger partial charge in [0, 0.05) is 61.4 Å². The van der Waals surface area contributed by atoms with Crippen LogP contribution in [0.2, 0.25) is 0 Å². The average molecular weight is 664 g/mol. The highest BCUT2D eigenvalue weighted by molar-refractivity contribution is 6.07. The Balaban J connectivity index is 1.17. The van der Waals surface area contributed by atoms with Crippen LogP contribution in [0.3, 0.4) is 0 Å². The van der Waals surface area contributed by atoms with Crippen LogP contribution in [0, 0.1) is 0 Å². The van der Waals surface area contributed by atoms with Gasteiger partial charge in [-0.1, -0.05) is 43.7 Å². The number of benzene rings is 3. The third kappa shape index (κ3) is 9.41. The van der Waals surface area contributed by atoms with E-state index in [1.165, 1.54) is 5.56 Å². The molecule has 0 aliphatic carbocycles. The van der Waals surface area contributed by atoms with Gasteiger partial charge in [0.15, 0.2) is 6.29 Å². The molecule has 2 aliphatic rings. The zero-order chi connectivity index (χ0) is 34.0. The van der Waals surface area contributed by atoms with Crippen LogP contribution in [-0.4, -0.2) is 56.6 Å². The number of carbonyl (C=O) groups excluding carboxylic acids is 1.